The van der Waals surface area contributed by atoms with Gasteiger partial charge in [0.25, 0.3) is 0 Å². The van der Waals surface area contributed by atoms with Gasteiger partial charge in [0, 0.05) is 6.54 Å². The number of aromatic nitrogens is 2. The van der Waals surface area contributed by atoms with Crippen LogP contribution >= 0.6 is 0 Å². The highest BCUT2D eigenvalue weighted by Crippen LogP contribution is 2.29. The zero-order valence-electron chi connectivity index (χ0n) is 18.0. The summed E-state index contributed by atoms with van der Waals surface area (Å²) in [5.74, 6) is 6.45. The van der Waals surface area contributed by atoms with Crippen LogP contribution in [-0.2, 0) is 6.54 Å². The maximum atomic E-state index is 11.7. The molecular weight excluding hydrogens is 394 g/mol. The number of nitrogens with zero attached hydrogens (tertiary/aromatic N) is 5. The Morgan fingerprint density at radius 2 is 2.03 bits per heavy atom. The molecule has 0 aliphatic carbocycles. The van der Waals surface area contributed by atoms with Crippen LogP contribution in [0.15, 0.2) is 36.0 Å². The van der Waals surface area contributed by atoms with E-state index < -0.39 is 0 Å². The number of hydrogen-bond acceptors (Lipinski definition) is 9. The van der Waals surface area contributed by atoms with Gasteiger partial charge in [-0.25, -0.2) is 10.5 Å². The fourth-order valence-corrected chi connectivity index (χ4v) is 3.52. The summed E-state index contributed by atoms with van der Waals surface area (Å²) in [6, 6.07) is 9.65. The molecule has 1 aliphatic heterocycles. The number of piperidine rings is 1. The number of benzene rings is 1. The summed E-state index contributed by atoms with van der Waals surface area (Å²) in [7, 11) is 1.50. The van der Waals surface area contributed by atoms with E-state index in [-0.39, 0.29) is 17.4 Å². The van der Waals surface area contributed by atoms with E-state index in [0.29, 0.717) is 43.0 Å². The van der Waals surface area contributed by atoms with Crippen LogP contribution in [-0.4, -0.2) is 46.1 Å². The molecule has 8 N–H and O–H groups in total. The van der Waals surface area contributed by atoms with Crippen LogP contribution in [0.4, 0.5) is 5.82 Å². The van der Waals surface area contributed by atoms with Gasteiger partial charge >= 0.3 is 0 Å². The number of hydrogen-bond donors (Lipinski definition) is 4. The molecule has 0 amide bonds. The van der Waals surface area contributed by atoms with Crippen molar-refractivity contribution in [2.24, 2.45) is 17.3 Å². The van der Waals surface area contributed by atoms with Crippen LogP contribution in [0, 0.1) is 11.5 Å². The first-order chi connectivity index (χ1) is 15.0. The third kappa shape index (κ3) is 5.33. The Balaban J connectivity index is 0.00000166. The number of rotatable bonds is 6. The smallest absolute Gasteiger partial charge is 0.179 e. The van der Waals surface area contributed by atoms with Crippen molar-refractivity contribution in [3.63, 3.8) is 0 Å². The number of hydrazine groups is 1. The van der Waals surface area contributed by atoms with E-state index in [1.165, 1.54) is 12.1 Å². The van der Waals surface area contributed by atoms with Crippen molar-refractivity contribution in [2.75, 3.05) is 25.9 Å². The van der Waals surface area contributed by atoms with E-state index in [0.717, 1.165) is 18.4 Å². The molecule has 1 unspecified atom stereocenters. The number of likely N-dealkylation sites (tertiary alicyclic amines) is 1. The fraction of sp³-hybridized carbons (Fsp3) is 0.381. The number of carbonyl (C=O) groups is 1. The van der Waals surface area contributed by atoms with E-state index in [2.05, 4.69) is 17.0 Å². The molecule has 166 valence electrons. The van der Waals surface area contributed by atoms with Crippen LogP contribution in [0.2, 0.25) is 0 Å². The minimum absolute atomic E-state index is 0.0951. The standard InChI is InChI=1S/C20H26N8O.CH5N/c1-14(27(24)10-15-6-3-2-4-7-15)18(22)19-17(12-29)20(23)28(25-19)16-8-5-9-26(11-16)13-21;1-2/h2-4,6-7,12,16H,5,8-11,22-24H2,1H3;2H2,1H3/b18-14-;. The van der Waals surface area contributed by atoms with Gasteiger partial charge in [0.05, 0.1) is 36.1 Å². The van der Waals surface area contributed by atoms with Crippen molar-refractivity contribution in [1.29, 1.82) is 5.26 Å². The van der Waals surface area contributed by atoms with Crippen LogP contribution < -0.4 is 23.0 Å². The Bertz CT molecular complexity index is 946. The fourth-order valence-electron chi connectivity index (χ4n) is 3.52. The molecule has 10 heteroatoms. The highest BCUT2D eigenvalue weighted by molar-refractivity contribution is 5.89. The Morgan fingerprint density at radius 1 is 1.35 bits per heavy atom. The van der Waals surface area contributed by atoms with Crippen molar-refractivity contribution < 1.29 is 4.79 Å². The number of nitriles is 1. The molecule has 31 heavy (non-hydrogen) atoms. The molecule has 1 aliphatic rings. The SMILES string of the molecule is C/C(=C(/N)c1nn(C2CCCN(C#N)C2)c(N)c1C=O)N(N)Cc1ccccc1.CN. The van der Waals surface area contributed by atoms with Gasteiger partial charge in [0.15, 0.2) is 12.5 Å². The van der Waals surface area contributed by atoms with Gasteiger partial charge in [-0.3, -0.25) is 4.79 Å². The molecule has 1 saturated heterocycles. The second-order valence-electron chi connectivity index (χ2n) is 7.16. The van der Waals surface area contributed by atoms with Crippen LogP contribution in [0.25, 0.3) is 5.70 Å². The average Bonchev–Trinajstić information content (AvgIpc) is 3.16. The number of carbonyl (C=O) groups excluding carboxylic acids is 1. The highest BCUT2D eigenvalue weighted by atomic mass is 16.1. The lowest BCUT2D eigenvalue weighted by atomic mass is 10.1. The largest absolute Gasteiger partial charge is 0.395 e. The lowest BCUT2D eigenvalue weighted by molar-refractivity contribution is 0.112. The summed E-state index contributed by atoms with van der Waals surface area (Å²) in [6.07, 6.45) is 4.50. The van der Waals surface area contributed by atoms with Gasteiger partial charge in [0.2, 0.25) is 0 Å². The van der Waals surface area contributed by atoms with Gasteiger partial charge in [-0.2, -0.15) is 10.4 Å². The third-order valence-corrected chi connectivity index (χ3v) is 5.26. The van der Waals surface area contributed by atoms with Crippen LogP contribution in [0.5, 0.6) is 0 Å². The molecule has 1 aromatic heterocycles. The summed E-state index contributed by atoms with van der Waals surface area (Å²) in [6.45, 7) is 3.45. The summed E-state index contributed by atoms with van der Waals surface area (Å²) < 4.78 is 1.61. The molecule has 1 aromatic carbocycles. The number of anilines is 1. The molecule has 2 aromatic rings. The topological polar surface area (TPSA) is 169 Å². The number of aldehydes is 1. The van der Waals surface area contributed by atoms with Gasteiger partial charge < -0.3 is 27.1 Å². The monoisotopic (exact) mass is 425 g/mol. The van der Waals surface area contributed by atoms with E-state index in [1.807, 2.05) is 30.3 Å². The molecule has 0 saturated carbocycles. The quantitative estimate of drug-likeness (QED) is 0.228. The maximum absolute atomic E-state index is 11.7. The number of allylic oxidation sites excluding steroid dienone is 1. The lowest BCUT2D eigenvalue weighted by Gasteiger charge is -2.29. The summed E-state index contributed by atoms with van der Waals surface area (Å²) >= 11 is 0. The lowest BCUT2D eigenvalue weighted by Crippen LogP contribution is -2.34. The molecule has 1 atom stereocenters. The Kier molecular flexibility index (Phi) is 8.43. The molecule has 1 fully saturated rings. The summed E-state index contributed by atoms with van der Waals surface area (Å²) in [4.78, 5) is 13.4. The molecule has 0 spiro atoms. The van der Waals surface area contributed by atoms with Crippen molar-refractivity contribution in [3.05, 3.63) is 52.8 Å². The minimum atomic E-state index is -0.0951. The van der Waals surface area contributed by atoms with Crippen LogP contribution in [0.1, 0.15) is 47.4 Å². The Hall–Kier alpha value is -3.55. The van der Waals surface area contributed by atoms with E-state index >= 15 is 0 Å². The molecule has 10 nitrogen and oxygen atoms in total. The van der Waals surface area contributed by atoms with Crippen molar-refractivity contribution in [1.82, 2.24) is 19.7 Å². The van der Waals surface area contributed by atoms with Gasteiger partial charge in [-0.15, -0.1) is 0 Å². The first-order valence-electron chi connectivity index (χ1n) is 10.0. The minimum Gasteiger partial charge on any atom is -0.395 e. The average molecular weight is 426 g/mol. The zero-order chi connectivity index (χ0) is 23.0. The molecule has 3 rings (SSSR count). The second kappa shape index (κ2) is 11.0. The van der Waals surface area contributed by atoms with Gasteiger partial charge in [-0.05, 0) is 32.4 Å². The first-order valence-corrected chi connectivity index (χ1v) is 10.0. The predicted octanol–water partition coefficient (Wildman–Crippen LogP) is 0.994. The van der Waals surface area contributed by atoms with E-state index in [4.69, 9.17) is 17.3 Å². The van der Waals surface area contributed by atoms with Crippen molar-refractivity contribution in [3.8, 4) is 6.19 Å². The Labute approximate surface area is 182 Å². The predicted molar refractivity (Wildman–Crippen MR) is 121 cm³/mol. The second-order valence-corrected chi connectivity index (χ2v) is 7.16. The zero-order valence-corrected chi connectivity index (χ0v) is 18.0. The van der Waals surface area contributed by atoms with Gasteiger partial charge in [-0.1, -0.05) is 30.3 Å². The molecular formula is C21H31N9O. The van der Waals surface area contributed by atoms with Gasteiger partial charge in [0.1, 0.15) is 11.5 Å². The summed E-state index contributed by atoms with van der Waals surface area (Å²) in [5, 5.41) is 15.2. The van der Waals surface area contributed by atoms with E-state index in [9.17, 15) is 10.1 Å². The third-order valence-electron chi connectivity index (χ3n) is 5.26. The number of nitrogen functional groups attached to an aromatic ring is 1. The highest BCUT2D eigenvalue weighted by Gasteiger charge is 2.27. The molecule has 0 bridgehead atoms. The Morgan fingerprint density at radius 3 is 2.65 bits per heavy atom. The number of nitrogens with two attached hydrogens (primary N) is 4. The summed E-state index contributed by atoms with van der Waals surface area (Å²) in [5.41, 5.74) is 19.5. The maximum Gasteiger partial charge on any atom is 0.179 e. The molecule has 0 radical (unpaired) electrons. The first kappa shape index (κ1) is 23.7. The van der Waals surface area contributed by atoms with Crippen molar-refractivity contribution in [2.45, 2.75) is 32.4 Å². The van der Waals surface area contributed by atoms with Crippen molar-refractivity contribution >= 4 is 17.8 Å². The van der Waals surface area contributed by atoms with E-state index in [1.54, 1.807) is 16.5 Å². The normalized spacial score (nSPS) is 16.5. The molecule has 2 heterocycles. The van der Waals surface area contributed by atoms with Crippen LogP contribution in [0.3, 0.4) is 0 Å².